The van der Waals surface area contributed by atoms with Gasteiger partial charge in [-0.2, -0.15) is 0 Å². The van der Waals surface area contributed by atoms with Crippen LogP contribution in [0, 0.1) is 0 Å². The summed E-state index contributed by atoms with van der Waals surface area (Å²) < 4.78 is 10.7. The van der Waals surface area contributed by atoms with Gasteiger partial charge in [-0.1, -0.05) is 15.9 Å². The summed E-state index contributed by atoms with van der Waals surface area (Å²) in [5.74, 6) is -0.241. The minimum atomic E-state index is -0.241. The number of hydrogen-bond acceptors (Lipinski definition) is 3. The van der Waals surface area contributed by atoms with Crippen LogP contribution in [0.2, 0.25) is 0 Å². The predicted octanol–water partition coefficient (Wildman–Crippen LogP) is 0.450. The highest BCUT2D eigenvalue weighted by Gasteiger charge is 2.33. The third-order valence-corrected chi connectivity index (χ3v) is 3.36. The molecule has 0 aliphatic carbocycles. The van der Waals surface area contributed by atoms with E-state index in [1.165, 1.54) is 6.92 Å². The molecule has 1 aliphatic rings. The number of halogens is 1. The second-order valence-electron chi connectivity index (χ2n) is 3.45. The van der Waals surface area contributed by atoms with E-state index in [9.17, 15) is 4.79 Å². The second kappa shape index (κ2) is 4.46. The molecule has 4 atom stereocenters. The fourth-order valence-corrected chi connectivity index (χ4v) is 1.97. The average Bonchev–Trinajstić information content (AvgIpc) is 1.99. The van der Waals surface area contributed by atoms with Crippen LogP contribution in [0.4, 0.5) is 0 Å². The fraction of sp³-hybridized carbons (Fsp3) is 0.875. The summed E-state index contributed by atoms with van der Waals surface area (Å²) in [4.78, 5) is 11.0. The normalized spacial score (nSPS) is 39.9. The van der Waals surface area contributed by atoms with Crippen molar-refractivity contribution in [2.45, 2.75) is 43.3 Å². The van der Waals surface area contributed by atoms with E-state index in [1.54, 1.807) is 0 Å². The first-order valence-electron chi connectivity index (χ1n) is 4.47. The number of alkyl halides is 1. The van der Waals surface area contributed by atoms with Gasteiger partial charge in [0.05, 0.1) is 6.10 Å². The van der Waals surface area contributed by atoms with E-state index >= 15 is 0 Å². The fourth-order valence-electron chi connectivity index (χ4n) is 1.47. The van der Waals surface area contributed by atoms with Gasteiger partial charge >= 0.3 is 5.97 Å². The van der Waals surface area contributed by atoms with Crippen LogP contribution >= 0.6 is 15.9 Å². The Labute approximate surface area is 87.7 Å². The van der Waals surface area contributed by atoms with Gasteiger partial charge in [-0.15, -0.1) is 0 Å². The monoisotopic (exact) mass is 248 g/mol. The zero-order valence-corrected chi connectivity index (χ0v) is 9.71. The summed E-state index contributed by atoms with van der Waals surface area (Å²) in [6.07, 6.45) is 0.702. The first-order chi connectivity index (χ1) is 6.00. The van der Waals surface area contributed by atoms with Crippen molar-refractivity contribution in [2.75, 3.05) is 0 Å². The van der Waals surface area contributed by atoms with Crippen LogP contribution in [-0.2, 0) is 14.3 Å². The lowest BCUT2D eigenvalue weighted by atomic mass is 9.89. The molecule has 0 aromatic heterocycles. The number of ether oxygens (including phenoxy) is 2. The smallest absolute Gasteiger partial charge is 0.302 e. The predicted molar refractivity (Wildman–Crippen MR) is 55.8 cm³/mol. The molecule has 4 unspecified atom stereocenters. The Bertz CT molecular complexity index is 200. The minimum absolute atomic E-state index is 0.00676. The molecular weight excluding hydrogens is 235 g/mol. The van der Waals surface area contributed by atoms with Gasteiger partial charge in [0.25, 0.3) is 0 Å². The lowest BCUT2D eigenvalue weighted by Crippen LogP contribution is -2.45. The molecule has 0 bridgehead atoms. The van der Waals surface area contributed by atoms with Crippen LogP contribution in [0.3, 0.4) is 0 Å². The van der Waals surface area contributed by atoms with Crippen LogP contribution in [0.1, 0.15) is 20.3 Å². The molecule has 0 aromatic carbocycles. The molecule has 0 aromatic rings. The van der Waals surface area contributed by atoms with Gasteiger partial charge in [0.1, 0.15) is 14.0 Å². The van der Waals surface area contributed by atoms with E-state index in [-0.39, 0.29) is 29.0 Å². The van der Waals surface area contributed by atoms with Crippen molar-refractivity contribution in [3.8, 4) is 0 Å². The second-order valence-corrected chi connectivity index (χ2v) is 4.62. The van der Waals surface area contributed by atoms with Crippen LogP contribution in [-0.4, -0.2) is 36.9 Å². The lowest BCUT2D eigenvalue weighted by Gasteiger charge is -2.36. The third-order valence-electron chi connectivity index (χ3n) is 2.24. The molecule has 13 heavy (non-hydrogen) atoms. The van der Waals surface area contributed by atoms with E-state index in [2.05, 4.69) is 15.9 Å². The molecule has 1 heterocycles. The van der Waals surface area contributed by atoms with Gasteiger partial charge in [0, 0.05) is 24.2 Å². The van der Waals surface area contributed by atoms with Crippen molar-refractivity contribution < 1.29 is 14.3 Å². The van der Waals surface area contributed by atoms with Gasteiger partial charge in [-0.25, -0.2) is 0 Å². The number of carbonyl (C=O) groups excluding carboxylic acids is 1. The van der Waals surface area contributed by atoms with Gasteiger partial charge < -0.3 is 9.47 Å². The molecule has 1 fully saturated rings. The summed E-state index contributed by atoms with van der Waals surface area (Å²) in [6.45, 7) is 3.36. The maximum absolute atomic E-state index is 10.8. The molecule has 5 heteroatoms. The third kappa shape index (κ3) is 2.99. The Morgan fingerprint density at radius 2 is 2.31 bits per heavy atom. The van der Waals surface area contributed by atoms with E-state index in [0.717, 1.165) is 6.42 Å². The zero-order chi connectivity index (χ0) is 10.0. The van der Waals surface area contributed by atoms with Crippen molar-refractivity contribution in [3.63, 3.8) is 0 Å². The highest BCUT2D eigenvalue weighted by Crippen LogP contribution is 2.25. The highest BCUT2D eigenvalue weighted by atomic mass is 79.9. The Morgan fingerprint density at radius 1 is 1.69 bits per heavy atom. The van der Waals surface area contributed by atoms with Gasteiger partial charge in [0.15, 0.2) is 0 Å². The SMILES string of the molecule is BC1OC(C)C(OC(C)=O)CC1Br. The summed E-state index contributed by atoms with van der Waals surface area (Å²) in [7, 11) is 2.01. The highest BCUT2D eigenvalue weighted by molar-refractivity contribution is 9.09. The van der Waals surface area contributed by atoms with E-state index in [4.69, 9.17) is 9.47 Å². The van der Waals surface area contributed by atoms with Gasteiger partial charge in [0.2, 0.25) is 0 Å². The van der Waals surface area contributed by atoms with Crippen molar-refractivity contribution in [3.05, 3.63) is 0 Å². The Hall–Kier alpha value is -0.0251. The van der Waals surface area contributed by atoms with Crippen LogP contribution in [0.5, 0.6) is 0 Å². The van der Waals surface area contributed by atoms with E-state index < -0.39 is 0 Å². The summed E-state index contributed by atoms with van der Waals surface area (Å²) in [5, 5.41) is 0. The molecular formula is C8H14BBrO3. The van der Waals surface area contributed by atoms with Crippen molar-refractivity contribution in [1.82, 2.24) is 0 Å². The summed E-state index contributed by atoms with van der Waals surface area (Å²) in [5.41, 5.74) is 0. The largest absolute Gasteiger partial charge is 0.460 e. The standard InChI is InChI=1S/C8H14BBrO3/c1-4-7(13-5(2)11)3-6(10)8(9)12-4/h4,6-8H,3,9H2,1-2H3. The Kier molecular flexibility index (Phi) is 3.80. The lowest BCUT2D eigenvalue weighted by molar-refractivity contribution is -0.160. The molecule has 0 N–H and O–H groups in total. The van der Waals surface area contributed by atoms with Crippen LogP contribution in [0.25, 0.3) is 0 Å². The molecule has 1 aliphatic heterocycles. The molecule has 0 spiro atoms. The topological polar surface area (TPSA) is 35.5 Å². The number of esters is 1. The molecule has 0 saturated carbocycles. The molecule has 1 rings (SSSR count). The Balaban J connectivity index is 2.51. The van der Waals surface area contributed by atoms with Crippen molar-refractivity contribution in [2.24, 2.45) is 0 Å². The molecule has 74 valence electrons. The molecule has 3 nitrogen and oxygen atoms in total. The maximum Gasteiger partial charge on any atom is 0.302 e. The molecule has 1 saturated heterocycles. The summed E-state index contributed by atoms with van der Waals surface area (Å²) >= 11 is 3.50. The number of carbonyl (C=O) groups is 1. The molecule has 0 radical (unpaired) electrons. The number of hydrogen-bond donors (Lipinski definition) is 0. The molecule has 0 amide bonds. The van der Waals surface area contributed by atoms with Crippen LogP contribution < -0.4 is 0 Å². The van der Waals surface area contributed by atoms with E-state index in [0.29, 0.717) is 0 Å². The van der Waals surface area contributed by atoms with Crippen molar-refractivity contribution >= 4 is 29.7 Å². The van der Waals surface area contributed by atoms with Crippen molar-refractivity contribution in [1.29, 1.82) is 0 Å². The van der Waals surface area contributed by atoms with Crippen LogP contribution in [0.15, 0.2) is 0 Å². The maximum atomic E-state index is 10.8. The summed E-state index contributed by atoms with van der Waals surface area (Å²) in [6, 6.07) is 0.182. The average molecular weight is 249 g/mol. The van der Waals surface area contributed by atoms with Gasteiger partial charge in [-0.3, -0.25) is 4.79 Å². The minimum Gasteiger partial charge on any atom is -0.460 e. The Morgan fingerprint density at radius 3 is 2.85 bits per heavy atom. The van der Waals surface area contributed by atoms with E-state index in [1.807, 2.05) is 14.8 Å². The zero-order valence-electron chi connectivity index (χ0n) is 8.12. The number of rotatable bonds is 1. The first-order valence-corrected chi connectivity index (χ1v) is 5.39. The quantitative estimate of drug-likeness (QED) is 0.384. The first kappa shape index (κ1) is 11.1. The van der Waals surface area contributed by atoms with Gasteiger partial charge in [-0.05, 0) is 6.92 Å².